The number of nitro groups is 1. The molecule has 7 nitrogen and oxygen atoms in total. The fourth-order valence-corrected chi connectivity index (χ4v) is 5.37. The van der Waals surface area contributed by atoms with Crippen molar-refractivity contribution in [1.82, 2.24) is 4.90 Å². The lowest BCUT2D eigenvalue weighted by Gasteiger charge is -2.21. The Morgan fingerprint density at radius 3 is 2.93 bits per heavy atom. The van der Waals surface area contributed by atoms with Crippen LogP contribution in [-0.2, 0) is 13.0 Å². The number of nitriles is 1. The van der Waals surface area contributed by atoms with Gasteiger partial charge in [-0.1, -0.05) is 0 Å². The van der Waals surface area contributed by atoms with E-state index in [4.69, 9.17) is 0 Å². The Balaban J connectivity index is 1.64. The Kier molecular flexibility index (Phi) is 4.39. The van der Waals surface area contributed by atoms with Crippen molar-refractivity contribution in [2.24, 2.45) is 0 Å². The molecule has 0 spiro atoms. The quantitative estimate of drug-likeness (QED) is 0.531. The molecule has 1 aliphatic heterocycles. The average Bonchev–Trinajstić information content (AvgIpc) is 3.21. The van der Waals surface area contributed by atoms with Crippen LogP contribution in [0.15, 0.2) is 24.3 Å². The summed E-state index contributed by atoms with van der Waals surface area (Å²) in [6.45, 7) is 1.66. The summed E-state index contributed by atoms with van der Waals surface area (Å²) < 4.78 is 0.804. The molecular weight excluding hydrogens is 384 g/mol. The van der Waals surface area contributed by atoms with Crippen molar-refractivity contribution in [2.45, 2.75) is 13.0 Å². The molecule has 4 rings (SSSR count). The van der Waals surface area contributed by atoms with Crippen LogP contribution in [0.3, 0.4) is 0 Å². The van der Waals surface area contributed by atoms with Crippen molar-refractivity contribution in [1.29, 1.82) is 5.26 Å². The van der Waals surface area contributed by atoms with E-state index in [9.17, 15) is 20.2 Å². The number of hydrogen-bond donors (Lipinski definition) is 1. The van der Waals surface area contributed by atoms with Crippen LogP contribution >= 0.6 is 22.7 Å². The minimum Gasteiger partial charge on any atom is -0.312 e. The van der Waals surface area contributed by atoms with Crippen molar-refractivity contribution in [3.8, 4) is 6.07 Å². The first kappa shape index (κ1) is 17.6. The van der Waals surface area contributed by atoms with E-state index in [0.717, 1.165) is 34.7 Å². The Morgan fingerprint density at radius 1 is 1.37 bits per heavy atom. The van der Waals surface area contributed by atoms with Gasteiger partial charge in [-0.15, -0.1) is 22.7 Å². The fourth-order valence-electron chi connectivity index (χ4n) is 3.16. The minimum atomic E-state index is -0.455. The van der Waals surface area contributed by atoms with Gasteiger partial charge in [0.15, 0.2) is 0 Å². The number of nitro benzene ring substituents is 1. The molecule has 27 heavy (non-hydrogen) atoms. The van der Waals surface area contributed by atoms with Gasteiger partial charge >= 0.3 is 0 Å². The monoisotopic (exact) mass is 398 g/mol. The first-order valence-corrected chi connectivity index (χ1v) is 9.82. The zero-order valence-corrected chi connectivity index (χ0v) is 15.9. The molecule has 1 amide bonds. The molecule has 3 aromatic rings. The number of carbonyl (C=O) groups excluding carboxylic acids is 1. The summed E-state index contributed by atoms with van der Waals surface area (Å²) in [5.74, 6) is -0.303. The highest BCUT2D eigenvalue weighted by atomic mass is 32.1. The standard InChI is InChI=1S/C18H14N4O3S2/c1-21-5-4-12-13(8-19)18(27-16(12)9-21)20-17(23)15-7-10-6-11(22(24)25)2-3-14(10)26-15/h2-3,6-7H,4-5,9H2,1H3,(H,20,23). The molecule has 0 atom stereocenters. The van der Waals surface area contributed by atoms with Crippen molar-refractivity contribution < 1.29 is 9.72 Å². The average molecular weight is 398 g/mol. The predicted molar refractivity (Wildman–Crippen MR) is 106 cm³/mol. The van der Waals surface area contributed by atoms with E-state index >= 15 is 0 Å². The van der Waals surface area contributed by atoms with Crippen LogP contribution < -0.4 is 5.32 Å². The summed E-state index contributed by atoms with van der Waals surface area (Å²) in [6.07, 6.45) is 0.799. The zero-order chi connectivity index (χ0) is 19.1. The number of fused-ring (bicyclic) bond motifs is 2. The number of nitrogens with zero attached hydrogens (tertiary/aromatic N) is 3. The molecule has 1 N–H and O–H groups in total. The number of non-ortho nitro benzene ring substituents is 1. The lowest BCUT2D eigenvalue weighted by molar-refractivity contribution is -0.384. The van der Waals surface area contributed by atoms with Crippen LogP contribution in [-0.4, -0.2) is 29.3 Å². The van der Waals surface area contributed by atoms with E-state index in [2.05, 4.69) is 16.3 Å². The van der Waals surface area contributed by atoms with Gasteiger partial charge in [0, 0.05) is 40.2 Å². The lowest BCUT2D eigenvalue weighted by Crippen LogP contribution is -2.25. The number of likely N-dealkylation sites (N-methyl/N-ethyl adjacent to an activating group) is 1. The normalized spacial score (nSPS) is 13.9. The molecule has 0 radical (unpaired) electrons. The van der Waals surface area contributed by atoms with Gasteiger partial charge in [-0.3, -0.25) is 14.9 Å². The van der Waals surface area contributed by atoms with Gasteiger partial charge in [0.1, 0.15) is 11.1 Å². The summed E-state index contributed by atoms with van der Waals surface area (Å²) in [6, 6.07) is 8.41. The van der Waals surface area contributed by atoms with Crippen LogP contribution in [0.1, 0.15) is 25.7 Å². The Bertz CT molecular complexity index is 1130. The van der Waals surface area contributed by atoms with E-state index < -0.39 is 4.92 Å². The molecule has 0 unspecified atom stereocenters. The van der Waals surface area contributed by atoms with E-state index in [1.807, 2.05) is 7.05 Å². The first-order chi connectivity index (χ1) is 13.0. The maximum absolute atomic E-state index is 12.7. The molecule has 2 aromatic heterocycles. The number of anilines is 1. The van der Waals surface area contributed by atoms with Crippen molar-refractivity contribution in [3.05, 3.63) is 55.3 Å². The molecule has 1 aliphatic rings. The second-order valence-corrected chi connectivity index (χ2v) is 8.54. The van der Waals surface area contributed by atoms with Crippen LogP contribution in [0.4, 0.5) is 10.7 Å². The third kappa shape index (κ3) is 3.19. The molecule has 0 saturated heterocycles. The van der Waals surface area contributed by atoms with Crippen molar-refractivity contribution in [2.75, 3.05) is 18.9 Å². The maximum atomic E-state index is 12.7. The maximum Gasteiger partial charge on any atom is 0.270 e. The third-order valence-electron chi connectivity index (χ3n) is 4.52. The van der Waals surface area contributed by atoms with Gasteiger partial charge in [-0.25, -0.2) is 0 Å². The van der Waals surface area contributed by atoms with E-state index in [1.165, 1.54) is 34.8 Å². The lowest BCUT2D eigenvalue weighted by atomic mass is 10.0. The van der Waals surface area contributed by atoms with Gasteiger partial charge in [0.2, 0.25) is 0 Å². The van der Waals surface area contributed by atoms with Crippen LogP contribution in [0, 0.1) is 21.4 Å². The second kappa shape index (κ2) is 6.74. The summed E-state index contributed by atoms with van der Waals surface area (Å²) in [5.41, 5.74) is 1.57. The largest absolute Gasteiger partial charge is 0.312 e. The molecule has 136 valence electrons. The predicted octanol–water partition coefficient (Wildman–Crippen LogP) is 3.98. The van der Waals surface area contributed by atoms with Crippen molar-refractivity contribution >= 4 is 49.4 Å². The summed E-state index contributed by atoms with van der Waals surface area (Å²) in [5, 5.41) is 24.6. The van der Waals surface area contributed by atoms with Gasteiger partial charge < -0.3 is 10.2 Å². The summed E-state index contributed by atoms with van der Waals surface area (Å²) in [4.78, 5) is 26.9. The fraction of sp³-hybridized carbons (Fsp3) is 0.222. The summed E-state index contributed by atoms with van der Waals surface area (Å²) >= 11 is 2.72. The third-order valence-corrected chi connectivity index (χ3v) is 6.77. The molecule has 0 bridgehead atoms. The smallest absolute Gasteiger partial charge is 0.270 e. The molecule has 0 fully saturated rings. The van der Waals surface area contributed by atoms with E-state index in [-0.39, 0.29) is 11.6 Å². The topological polar surface area (TPSA) is 99.3 Å². The van der Waals surface area contributed by atoms with E-state index in [1.54, 1.807) is 12.1 Å². The first-order valence-electron chi connectivity index (χ1n) is 8.19. The summed E-state index contributed by atoms with van der Waals surface area (Å²) in [7, 11) is 2.03. The minimum absolute atomic E-state index is 0.00548. The van der Waals surface area contributed by atoms with Gasteiger partial charge in [-0.05, 0) is 31.2 Å². The Labute approximate surface area is 162 Å². The van der Waals surface area contributed by atoms with Gasteiger partial charge in [-0.2, -0.15) is 5.26 Å². The number of rotatable bonds is 3. The molecule has 0 aliphatic carbocycles. The van der Waals surface area contributed by atoms with Crippen LogP contribution in [0.2, 0.25) is 0 Å². The number of hydrogen-bond acceptors (Lipinski definition) is 7. The van der Waals surface area contributed by atoms with E-state index in [0.29, 0.717) is 20.8 Å². The van der Waals surface area contributed by atoms with Crippen LogP contribution in [0.25, 0.3) is 10.1 Å². The highest BCUT2D eigenvalue weighted by molar-refractivity contribution is 7.21. The van der Waals surface area contributed by atoms with Gasteiger partial charge in [0.05, 0.1) is 15.4 Å². The van der Waals surface area contributed by atoms with Crippen molar-refractivity contribution in [3.63, 3.8) is 0 Å². The zero-order valence-electron chi connectivity index (χ0n) is 14.3. The molecule has 1 aromatic carbocycles. The molecular formula is C18H14N4O3S2. The number of nitrogens with one attached hydrogen (secondary N) is 1. The number of carbonyl (C=O) groups is 1. The molecule has 9 heteroatoms. The second-order valence-electron chi connectivity index (χ2n) is 6.35. The number of amides is 1. The Hall–Kier alpha value is -2.80. The molecule has 0 saturated carbocycles. The highest BCUT2D eigenvalue weighted by Gasteiger charge is 2.24. The van der Waals surface area contributed by atoms with Crippen LogP contribution in [0.5, 0.6) is 0 Å². The SMILES string of the molecule is CN1CCc2c(sc(NC(=O)c3cc4cc([N+](=O)[O-])ccc4s3)c2C#N)C1. The Morgan fingerprint density at radius 2 is 2.19 bits per heavy atom. The number of thiophene rings is 2. The van der Waals surface area contributed by atoms with Gasteiger partial charge in [0.25, 0.3) is 11.6 Å². The molecule has 3 heterocycles. The highest BCUT2D eigenvalue weighted by Crippen LogP contribution is 2.37. The number of benzene rings is 1.